The predicted octanol–water partition coefficient (Wildman–Crippen LogP) is 2.94. The lowest BCUT2D eigenvalue weighted by Crippen LogP contribution is -2.39. The summed E-state index contributed by atoms with van der Waals surface area (Å²) in [5, 5.41) is 9.93. The lowest BCUT2D eigenvalue weighted by molar-refractivity contribution is 0.111. The summed E-state index contributed by atoms with van der Waals surface area (Å²) in [5.41, 5.74) is 4.89. The van der Waals surface area contributed by atoms with Crippen LogP contribution in [0.1, 0.15) is 23.0 Å². The molecule has 1 N–H and O–H groups in total. The Bertz CT molecular complexity index is 855. The molecule has 4 nitrogen and oxygen atoms in total. The van der Waals surface area contributed by atoms with Crippen molar-refractivity contribution in [2.75, 3.05) is 19.7 Å². The van der Waals surface area contributed by atoms with Crippen LogP contribution < -0.4 is 0 Å². The number of benzene rings is 2. The summed E-state index contributed by atoms with van der Waals surface area (Å²) in [7, 11) is 0. The minimum atomic E-state index is 0.102. The summed E-state index contributed by atoms with van der Waals surface area (Å²) in [5.74, 6) is 1.05. The molecule has 0 amide bonds. The first kappa shape index (κ1) is 15.4. The Morgan fingerprint density at radius 1 is 1.08 bits per heavy atom. The van der Waals surface area contributed by atoms with Crippen molar-refractivity contribution < 1.29 is 5.11 Å². The van der Waals surface area contributed by atoms with Crippen molar-refractivity contribution in [1.82, 2.24) is 14.5 Å². The molecule has 1 aliphatic heterocycles. The Balaban J connectivity index is 1.56. The number of nitrogens with zero attached hydrogens (tertiary/aromatic N) is 3. The maximum absolute atomic E-state index is 9.93. The number of aliphatic hydroxyl groups excluding tert-OH is 1. The van der Waals surface area contributed by atoms with E-state index in [1.165, 1.54) is 16.6 Å². The molecule has 0 fully saturated rings. The van der Waals surface area contributed by atoms with Gasteiger partial charge in [0.05, 0.1) is 23.7 Å². The number of para-hydroxylation sites is 2. The number of hydrogen-bond acceptors (Lipinski definition) is 3. The Morgan fingerprint density at radius 3 is 2.75 bits per heavy atom. The molecule has 4 rings (SSSR count). The average molecular weight is 321 g/mol. The van der Waals surface area contributed by atoms with E-state index in [2.05, 4.69) is 63.8 Å². The predicted molar refractivity (Wildman–Crippen MR) is 96.0 cm³/mol. The van der Waals surface area contributed by atoms with Gasteiger partial charge in [0.15, 0.2) is 0 Å². The third kappa shape index (κ3) is 2.62. The smallest absolute Gasteiger partial charge is 0.106 e. The highest BCUT2D eigenvalue weighted by atomic mass is 16.3. The van der Waals surface area contributed by atoms with Crippen LogP contribution >= 0.6 is 0 Å². The fraction of sp³-hybridized carbons (Fsp3) is 0.350. The number of aromatic nitrogens is 2. The fourth-order valence-corrected chi connectivity index (χ4v) is 3.89. The van der Waals surface area contributed by atoms with Gasteiger partial charge in [-0.25, -0.2) is 4.98 Å². The number of imidazole rings is 1. The molecule has 0 radical (unpaired) electrons. The zero-order chi connectivity index (χ0) is 16.5. The first-order valence-corrected chi connectivity index (χ1v) is 8.62. The number of hydrogen-bond donors (Lipinski definition) is 1. The molecular weight excluding hydrogens is 298 g/mol. The van der Waals surface area contributed by atoms with Crippen LogP contribution in [-0.2, 0) is 13.0 Å². The Labute approximate surface area is 142 Å². The molecule has 0 spiro atoms. The molecule has 0 saturated heterocycles. The fourth-order valence-electron chi connectivity index (χ4n) is 3.89. The van der Waals surface area contributed by atoms with E-state index in [4.69, 9.17) is 0 Å². The second kappa shape index (κ2) is 6.38. The summed E-state index contributed by atoms with van der Waals surface area (Å²) in [6.07, 6.45) is 1.05. The van der Waals surface area contributed by atoms with Gasteiger partial charge in [0.2, 0.25) is 0 Å². The zero-order valence-corrected chi connectivity index (χ0v) is 14.0. The lowest BCUT2D eigenvalue weighted by atomic mass is 9.93. The van der Waals surface area contributed by atoms with E-state index in [0.717, 1.165) is 37.4 Å². The molecule has 24 heavy (non-hydrogen) atoms. The highest BCUT2D eigenvalue weighted by Crippen LogP contribution is 2.29. The van der Waals surface area contributed by atoms with Gasteiger partial charge in [-0.05, 0) is 36.6 Å². The Hall–Kier alpha value is -2.17. The van der Waals surface area contributed by atoms with Gasteiger partial charge in [-0.15, -0.1) is 0 Å². The SMILES string of the molecule is Cc1nc2ccccc2n1CCN1CCc2ccccc2C1CO. The summed E-state index contributed by atoms with van der Waals surface area (Å²) < 4.78 is 2.28. The molecule has 0 bridgehead atoms. The van der Waals surface area contributed by atoms with Crippen molar-refractivity contribution in [2.24, 2.45) is 0 Å². The minimum Gasteiger partial charge on any atom is -0.394 e. The summed E-state index contributed by atoms with van der Waals surface area (Å²) in [4.78, 5) is 7.05. The van der Waals surface area contributed by atoms with Crippen molar-refractivity contribution in [3.63, 3.8) is 0 Å². The molecule has 124 valence electrons. The topological polar surface area (TPSA) is 41.3 Å². The summed E-state index contributed by atoms with van der Waals surface area (Å²) in [6.45, 7) is 5.04. The van der Waals surface area contributed by atoms with Crippen LogP contribution in [0.4, 0.5) is 0 Å². The van der Waals surface area contributed by atoms with Gasteiger partial charge in [0.25, 0.3) is 0 Å². The van der Waals surface area contributed by atoms with E-state index in [0.29, 0.717) is 0 Å². The van der Waals surface area contributed by atoms with E-state index in [1.54, 1.807) is 0 Å². The molecule has 0 aliphatic carbocycles. The van der Waals surface area contributed by atoms with Gasteiger partial charge in [-0.1, -0.05) is 36.4 Å². The molecule has 2 aromatic carbocycles. The average Bonchev–Trinajstić information content (AvgIpc) is 2.94. The first-order chi connectivity index (χ1) is 11.8. The molecular formula is C20H23N3O. The largest absolute Gasteiger partial charge is 0.394 e. The van der Waals surface area contributed by atoms with Gasteiger partial charge in [-0.3, -0.25) is 4.90 Å². The Kier molecular flexibility index (Phi) is 4.08. The number of rotatable bonds is 4. The monoisotopic (exact) mass is 321 g/mol. The lowest BCUT2D eigenvalue weighted by Gasteiger charge is -2.36. The van der Waals surface area contributed by atoms with Crippen LogP contribution in [0, 0.1) is 6.92 Å². The number of aryl methyl sites for hydroxylation is 1. The third-order valence-corrected chi connectivity index (χ3v) is 5.15. The first-order valence-electron chi connectivity index (χ1n) is 8.62. The van der Waals surface area contributed by atoms with Crippen LogP contribution in [0.25, 0.3) is 11.0 Å². The van der Waals surface area contributed by atoms with E-state index in [1.807, 2.05) is 6.07 Å². The maximum Gasteiger partial charge on any atom is 0.106 e. The third-order valence-electron chi connectivity index (χ3n) is 5.15. The second-order valence-electron chi connectivity index (χ2n) is 6.48. The molecule has 0 saturated carbocycles. The molecule has 1 unspecified atom stereocenters. The van der Waals surface area contributed by atoms with Crippen molar-refractivity contribution in [3.8, 4) is 0 Å². The minimum absolute atomic E-state index is 0.102. The summed E-state index contributed by atoms with van der Waals surface area (Å²) >= 11 is 0. The van der Waals surface area contributed by atoms with E-state index >= 15 is 0 Å². The van der Waals surface area contributed by atoms with E-state index in [-0.39, 0.29) is 12.6 Å². The van der Waals surface area contributed by atoms with Crippen molar-refractivity contribution in [3.05, 3.63) is 65.5 Å². The molecule has 1 aliphatic rings. The van der Waals surface area contributed by atoms with Crippen molar-refractivity contribution in [1.29, 1.82) is 0 Å². The molecule has 3 aromatic rings. The van der Waals surface area contributed by atoms with E-state index in [9.17, 15) is 5.11 Å². The van der Waals surface area contributed by atoms with Gasteiger partial charge in [-0.2, -0.15) is 0 Å². The Morgan fingerprint density at radius 2 is 1.88 bits per heavy atom. The summed E-state index contributed by atoms with van der Waals surface area (Å²) in [6, 6.07) is 16.9. The van der Waals surface area contributed by atoms with Crippen LogP contribution in [0.2, 0.25) is 0 Å². The number of fused-ring (bicyclic) bond motifs is 2. The maximum atomic E-state index is 9.93. The highest BCUT2D eigenvalue weighted by molar-refractivity contribution is 5.75. The van der Waals surface area contributed by atoms with Crippen molar-refractivity contribution in [2.45, 2.75) is 25.9 Å². The van der Waals surface area contributed by atoms with E-state index < -0.39 is 0 Å². The molecule has 1 atom stereocenters. The molecule has 1 aromatic heterocycles. The van der Waals surface area contributed by atoms with Crippen LogP contribution in [0.5, 0.6) is 0 Å². The van der Waals surface area contributed by atoms with Crippen LogP contribution in [-0.4, -0.2) is 39.3 Å². The van der Waals surface area contributed by atoms with Gasteiger partial charge in [0.1, 0.15) is 5.82 Å². The van der Waals surface area contributed by atoms with Gasteiger partial charge >= 0.3 is 0 Å². The van der Waals surface area contributed by atoms with Crippen LogP contribution in [0.3, 0.4) is 0 Å². The van der Waals surface area contributed by atoms with Gasteiger partial charge < -0.3 is 9.67 Å². The molecule has 4 heteroatoms. The normalized spacial score (nSPS) is 18.0. The zero-order valence-electron chi connectivity index (χ0n) is 14.0. The highest BCUT2D eigenvalue weighted by Gasteiger charge is 2.26. The van der Waals surface area contributed by atoms with Crippen LogP contribution in [0.15, 0.2) is 48.5 Å². The number of aliphatic hydroxyl groups is 1. The second-order valence-corrected chi connectivity index (χ2v) is 6.48. The van der Waals surface area contributed by atoms with Crippen molar-refractivity contribution >= 4 is 11.0 Å². The quantitative estimate of drug-likeness (QED) is 0.803. The molecule has 2 heterocycles. The van der Waals surface area contributed by atoms with Gasteiger partial charge in [0, 0.05) is 19.6 Å². The standard InChI is InChI=1S/C20H23N3O/c1-15-21-18-8-4-5-9-19(18)23(15)13-12-22-11-10-16-6-2-3-7-17(16)20(22)14-24/h2-9,20,24H,10-14H2,1H3.